The summed E-state index contributed by atoms with van der Waals surface area (Å²) in [5.41, 5.74) is 0.909. The Morgan fingerprint density at radius 3 is 2.50 bits per heavy atom. The highest BCUT2D eigenvalue weighted by Gasteiger charge is 2.38. The van der Waals surface area contributed by atoms with Crippen molar-refractivity contribution in [1.82, 2.24) is 5.32 Å². The van der Waals surface area contributed by atoms with E-state index in [9.17, 15) is 9.90 Å². The van der Waals surface area contributed by atoms with Crippen LogP contribution in [0, 0.1) is 5.92 Å². The molecule has 1 saturated carbocycles. The first-order chi connectivity index (χ1) is 8.50. The van der Waals surface area contributed by atoms with E-state index in [-0.39, 0.29) is 5.54 Å². The average molecular weight is 247 g/mol. The minimum Gasteiger partial charge on any atom is -0.481 e. The highest BCUT2D eigenvalue weighted by Crippen LogP contribution is 2.39. The Hall–Kier alpha value is -1.35. The van der Waals surface area contributed by atoms with Gasteiger partial charge >= 0.3 is 5.97 Å². The summed E-state index contributed by atoms with van der Waals surface area (Å²) in [6.07, 6.45) is 2.51. The van der Waals surface area contributed by atoms with Crippen molar-refractivity contribution in [3.05, 3.63) is 35.9 Å². The molecule has 3 heteroatoms. The van der Waals surface area contributed by atoms with Gasteiger partial charge in [0.15, 0.2) is 0 Å². The summed E-state index contributed by atoms with van der Waals surface area (Å²) in [7, 11) is 0. The highest BCUT2D eigenvalue weighted by atomic mass is 16.4. The average Bonchev–Trinajstić information content (AvgIpc) is 3.14. The van der Waals surface area contributed by atoms with Crippen molar-refractivity contribution in [2.45, 2.75) is 38.1 Å². The van der Waals surface area contributed by atoms with Crippen molar-refractivity contribution in [2.75, 3.05) is 6.54 Å². The maximum atomic E-state index is 11.4. The lowest BCUT2D eigenvalue weighted by molar-refractivity contribution is -0.138. The molecular weight excluding hydrogens is 226 g/mol. The summed E-state index contributed by atoms with van der Waals surface area (Å²) in [5, 5.41) is 12.8. The van der Waals surface area contributed by atoms with Crippen LogP contribution in [0.3, 0.4) is 0 Å². The highest BCUT2D eigenvalue weighted by molar-refractivity contribution is 5.76. The van der Waals surface area contributed by atoms with Gasteiger partial charge in [-0.05, 0) is 38.2 Å². The predicted octanol–water partition coefficient (Wildman–Crippen LogP) is 2.63. The molecule has 0 amide bonds. The van der Waals surface area contributed by atoms with Crippen LogP contribution < -0.4 is 5.32 Å². The zero-order chi connectivity index (χ0) is 13.2. The minimum absolute atomic E-state index is 0.0441. The van der Waals surface area contributed by atoms with Crippen LogP contribution in [0.5, 0.6) is 0 Å². The molecule has 1 unspecified atom stereocenters. The smallest absolute Gasteiger partial charge is 0.312 e. The molecule has 0 radical (unpaired) electrons. The van der Waals surface area contributed by atoms with Crippen LogP contribution in [0.1, 0.15) is 38.2 Å². The second kappa shape index (κ2) is 5.11. The molecule has 3 nitrogen and oxygen atoms in total. The fourth-order valence-electron chi connectivity index (χ4n) is 2.35. The van der Waals surface area contributed by atoms with Crippen molar-refractivity contribution in [3.8, 4) is 0 Å². The summed E-state index contributed by atoms with van der Waals surface area (Å²) < 4.78 is 0. The monoisotopic (exact) mass is 247 g/mol. The van der Waals surface area contributed by atoms with E-state index in [2.05, 4.69) is 19.2 Å². The van der Waals surface area contributed by atoms with Crippen molar-refractivity contribution in [3.63, 3.8) is 0 Å². The van der Waals surface area contributed by atoms with Gasteiger partial charge in [0.1, 0.15) is 0 Å². The molecule has 0 spiro atoms. The van der Waals surface area contributed by atoms with Gasteiger partial charge in [-0.1, -0.05) is 30.3 Å². The van der Waals surface area contributed by atoms with Crippen LogP contribution in [0.25, 0.3) is 0 Å². The zero-order valence-corrected chi connectivity index (χ0v) is 11.0. The van der Waals surface area contributed by atoms with Crippen molar-refractivity contribution in [2.24, 2.45) is 5.92 Å². The van der Waals surface area contributed by atoms with Gasteiger partial charge in [0.25, 0.3) is 0 Å². The maximum Gasteiger partial charge on any atom is 0.312 e. The first-order valence-corrected chi connectivity index (χ1v) is 6.53. The fraction of sp³-hybridized carbons (Fsp3) is 0.533. The molecule has 1 aliphatic rings. The number of hydrogen-bond acceptors (Lipinski definition) is 2. The summed E-state index contributed by atoms with van der Waals surface area (Å²) in [6, 6.07) is 9.44. The fourth-order valence-corrected chi connectivity index (χ4v) is 2.35. The molecule has 0 heterocycles. The van der Waals surface area contributed by atoms with E-state index in [4.69, 9.17) is 0 Å². The van der Waals surface area contributed by atoms with Crippen LogP contribution >= 0.6 is 0 Å². The van der Waals surface area contributed by atoms with Gasteiger partial charge < -0.3 is 10.4 Å². The Morgan fingerprint density at radius 2 is 2.00 bits per heavy atom. The normalized spacial score (nSPS) is 17.4. The second-order valence-electron chi connectivity index (χ2n) is 5.68. The Labute approximate surface area is 108 Å². The molecule has 0 saturated heterocycles. The third kappa shape index (κ3) is 3.10. The van der Waals surface area contributed by atoms with E-state index in [0.717, 1.165) is 5.56 Å². The molecule has 1 aromatic rings. The van der Waals surface area contributed by atoms with Crippen molar-refractivity contribution < 1.29 is 9.90 Å². The molecule has 1 aliphatic carbocycles. The number of aliphatic carboxylic acids is 1. The largest absolute Gasteiger partial charge is 0.481 e. The van der Waals surface area contributed by atoms with E-state index in [1.165, 1.54) is 12.8 Å². The molecule has 0 bridgehead atoms. The Kier molecular flexibility index (Phi) is 3.71. The van der Waals surface area contributed by atoms with Crippen LogP contribution in [0.2, 0.25) is 0 Å². The van der Waals surface area contributed by atoms with Gasteiger partial charge in [0, 0.05) is 12.1 Å². The van der Waals surface area contributed by atoms with Crippen molar-refractivity contribution in [1.29, 1.82) is 0 Å². The Balaban J connectivity index is 2.01. The third-order valence-corrected chi connectivity index (χ3v) is 3.86. The lowest BCUT2D eigenvalue weighted by Crippen LogP contribution is -2.44. The standard InChI is InChI=1S/C15H21NO2/c1-15(2,12-8-9-12)16-10-13(14(17)18)11-6-4-3-5-7-11/h3-7,12-13,16H,8-10H2,1-2H3,(H,17,18). The van der Waals surface area contributed by atoms with Gasteiger partial charge in [-0.25, -0.2) is 0 Å². The number of rotatable bonds is 6. The molecule has 2 N–H and O–H groups in total. The second-order valence-corrected chi connectivity index (χ2v) is 5.68. The molecular formula is C15H21NO2. The number of carboxylic acid groups (broad SMARTS) is 1. The lowest BCUT2D eigenvalue weighted by Gasteiger charge is -2.28. The first kappa shape index (κ1) is 13.1. The number of carboxylic acids is 1. The van der Waals surface area contributed by atoms with Crippen LogP contribution in [-0.4, -0.2) is 23.2 Å². The van der Waals surface area contributed by atoms with Gasteiger partial charge in [-0.2, -0.15) is 0 Å². The maximum absolute atomic E-state index is 11.4. The van der Waals surface area contributed by atoms with E-state index in [1.54, 1.807) is 0 Å². The van der Waals surface area contributed by atoms with Crippen LogP contribution in [0.4, 0.5) is 0 Å². The van der Waals surface area contributed by atoms with E-state index >= 15 is 0 Å². The summed E-state index contributed by atoms with van der Waals surface area (Å²) in [6.45, 7) is 4.81. The van der Waals surface area contributed by atoms with E-state index < -0.39 is 11.9 Å². The number of carbonyl (C=O) groups is 1. The quantitative estimate of drug-likeness (QED) is 0.812. The molecule has 0 aliphatic heterocycles. The molecule has 1 atom stereocenters. The van der Waals surface area contributed by atoms with Gasteiger partial charge in [-0.15, -0.1) is 0 Å². The zero-order valence-electron chi connectivity index (χ0n) is 11.0. The van der Waals surface area contributed by atoms with E-state index in [1.807, 2.05) is 30.3 Å². The van der Waals surface area contributed by atoms with Crippen LogP contribution in [-0.2, 0) is 4.79 Å². The van der Waals surface area contributed by atoms with Gasteiger partial charge in [0.05, 0.1) is 5.92 Å². The van der Waals surface area contributed by atoms with Gasteiger partial charge in [-0.3, -0.25) is 4.79 Å². The topological polar surface area (TPSA) is 49.3 Å². The Bertz CT molecular complexity index is 410. The number of hydrogen-bond donors (Lipinski definition) is 2. The van der Waals surface area contributed by atoms with Crippen molar-refractivity contribution >= 4 is 5.97 Å². The molecule has 2 rings (SSSR count). The first-order valence-electron chi connectivity index (χ1n) is 6.53. The third-order valence-electron chi connectivity index (χ3n) is 3.86. The molecule has 1 aromatic carbocycles. The summed E-state index contributed by atoms with van der Waals surface area (Å²) in [4.78, 5) is 11.4. The number of nitrogens with one attached hydrogen (secondary N) is 1. The molecule has 98 valence electrons. The van der Waals surface area contributed by atoms with Crippen LogP contribution in [0.15, 0.2) is 30.3 Å². The Morgan fingerprint density at radius 1 is 1.39 bits per heavy atom. The molecule has 0 aromatic heterocycles. The predicted molar refractivity (Wildman–Crippen MR) is 71.6 cm³/mol. The number of benzene rings is 1. The summed E-state index contributed by atoms with van der Waals surface area (Å²) in [5.74, 6) is -0.535. The SMILES string of the molecule is CC(C)(NCC(C(=O)O)c1ccccc1)C1CC1. The minimum atomic E-state index is -0.764. The molecule has 18 heavy (non-hydrogen) atoms. The molecule has 1 fully saturated rings. The lowest BCUT2D eigenvalue weighted by atomic mass is 9.94. The van der Waals surface area contributed by atoms with E-state index in [0.29, 0.717) is 12.5 Å². The summed E-state index contributed by atoms with van der Waals surface area (Å²) >= 11 is 0. The van der Waals surface area contributed by atoms with Gasteiger partial charge in [0.2, 0.25) is 0 Å².